The first-order valence-electron chi connectivity index (χ1n) is 5.17. The molecule has 14 heavy (non-hydrogen) atoms. The second-order valence-corrected chi connectivity index (χ2v) is 3.93. The van der Waals surface area contributed by atoms with Crippen molar-refractivity contribution in [2.45, 2.75) is 26.8 Å². The lowest BCUT2D eigenvalue weighted by molar-refractivity contribution is 0.327. The van der Waals surface area contributed by atoms with Gasteiger partial charge in [0.2, 0.25) is 0 Å². The summed E-state index contributed by atoms with van der Waals surface area (Å²) >= 11 is 0. The molecular formula is C12H20N2. The fourth-order valence-corrected chi connectivity index (χ4v) is 1.61. The van der Waals surface area contributed by atoms with Crippen LogP contribution in [0.1, 0.15) is 24.5 Å². The summed E-state index contributed by atoms with van der Waals surface area (Å²) in [7, 11) is 2.15. The smallest absolute Gasteiger partial charge is 0.0343 e. The van der Waals surface area contributed by atoms with Gasteiger partial charge in [0.25, 0.3) is 0 Å². The van der Waals surface area contributed by atoms with Crippen LogP contribution in [0.2, 0.25) is 0 Å². The quantitative estimate of drug-likeness (QED) is 0.742. The molecule has 0 atom stereocenters. The number of nitrogen functional groups attached to an aromatic ring is 1. The van der Waals surface area contributed by atoms with E-state index in [-0.39, 0.29) is 0 Å². The van der Waals surface area contributed by atoms with Gasteiger partial charge in [-0.2, -0.15) is 0 Å². The van der Waals surface area contributed by atoms with Gasteiger partial charge in [-0.3, -0.25) is 0 Å². The van der Waals surface area contributed by atoms with Crippen LogP contribution in [0.4, 0.5) is 5.69 Å². The predicted molar refractivity (Wildman–Crippen MR) is 62.2 cm³/mol. The molecule has 78 valence electrons. The van der Waals surface area contributed by atoms with Gasteiger partial charge in [0.05, 0.1) is 0 Å². The van der Waals surface area contributed by atoms with Gasteiger partial charge in [0.15, 0.2) is 0 Å². The number of hydrogen-bond donors (Lipinski definition) is 1. The molecule has 0 heterocycles. The molecule has 1 aromatic rings. The monoisotopic (exact) mass is 192 g/mol. The van der Waals surface area contributed by atoms with Crippen molar-refractivity contribution in [1.29, 1.82) is 0 Å². The highest BCUT2D eigenvalue weighted by molar-refractivity contribution is 5.47. The zero-order valence-corrected chi connectivity index (χ0v) is 9.38. The summed E-state index contributed by atoms with van der Waals surface area (Å²) in [5.74, 6) is 0. The Morgan fingerprint density at radius 3 is 2.64 bits per heavy atom. The van der Waals surface area contributed by atoms with Gasteiger partial charge in [0, 0.05) is 12.2 Å². The molecule has 0 spiro atoms. The molecule has 0 aliphatic heterocycles. The fourth-order valence-electron chi connectivity index (χ4n) is 1.61. The summed E-state index contributed by atoms with van der Waals surface area (Å²) in [5.41, 5.74) is 9.16. The maximum Gasteiger partial charge on any atom is 0.0343 e. The van der Waals surface area contributed by atoms with Crippen molar-refractivity contribution < 1.29 is 0 Å². The summed E-state index contributed by atoms with van der Waals surface area (Å²) in [6.45, 7) is 6.40. The number of nitrogens with zero attached hydrogens (tertiary/aromatic N) is 1. The molecule has 0 unspecified atom stereocenters. The van der Waals surface area contributed by atoms with Crippen LogP contribution >= 0.6 is 0 Å². The largest absolute Gasteiger partial charge is 0.399 e. The summed E-state index contributed by atoms with van der Waals surface area (Å²) in [6.07, 6.45) is 1.20. The van der Waals surface area contributed by atoms with Crippen molar-refractivity contribution >= 4 is 5.69 Å². The van der Waals surface area contributed by atoms with Gasteiger partial charge in [-0.1, -0.05) is 19.1 Å². The Kier molecular flexibility index (Phi) is 3.96. The average Bonchev–Trinajstić information content (AvgIpc) is 2.12. The van der Waals surface area contributed by atoms with Gasteiger partial charge in [-0.05, 0) is 44.1 Å². The van der Waals surface area contributed by atoms with Crippen LogP contribution in [0, 0.1) is 6.92 Å². The normalized spacial score (nSPS) is 10.9. The van der Waals surface area contributed by atoms with E-state index in [1.165, 1.54) is 17.5 Å². The Balaban J connectivity index is 2.63. The maximum absolute atomic E-state index is 5.76. The Morgan fingerprint density at radius 1 is 1.36 bits per heavy atom. The van der Waals surface area contributed by atoms with Crippen molar-refractivity contribution in [3.05, 3.63) is 29.3 Å². The van der Waals surface area contributed by atoms with Crippen LogP contribution in [0.3, 0.4) is 0 Å². The van der Waals surface area contributed by atoms with E-state index in [2.05, 4.69) is 37.9 Å². The summed E-state index contributed by atoms with van der Waals surface area (Å²) < 4.78 is 0. The van der Waals surface area contributed by atoms with E-state index in [4.69, 9.17) is 5.73 Å². The van der Waals surface area contributed by atoms with Gasteiger partial charge < -0.3 is 10.6 Å². The Hall–Kier alpha value is -1.02. The Morgan fingerprint density at radius 2 is 2.07 bits per heavy atom. The zero-order chi connectivity index (χ0) is 10.6. The SMILES string of the molecule is CCCN(C)Cc1ccc(N)c(C)c1. The second-order valence-electron chi connectivity index (χ2n) is 3.93. The highest BCUT2D eigenvalue weighted by atomic mass is 15.1. The third-order valence-electron chi connectivity index (χ3n) is 2.39. The van der Waals surface area contributed by atoms with Crippen LogP contribution in [-0.4, -0.2) is 18.5 Å². The van der Waals surface area contributed by atoms with Crippen LogP contribution in [0.15, 0.2) is 18.2 Å². The van der Waals surface area contributed by atoms with E-state index in [1.807, 2.05) is 6.07 Å². The zero-order valence-electron chi connectivity index (χ0n) is 9.38. The highest BCUT2D eigenvalue weighted by Crippen LogP contribution is 2.13. The number of nitrogens with two attached hydrogens (primary N) is 1. The minimum atomic E-state index is 0.881. The molecule has 0 aliphatic rings. The molecule has 0 aliphatic carbocycles. The van der Waals surface area contributed by atoms with Crippen LogP contribution in [0.5, 0.6) is 0 Å². The van der Waals surface area contributed by atoms with E-state index in [0.717, 1.165) is 18.8 Å². The molecule has 1 rings (SSSR count). The predicted octanol–water partition coefficient (Wildman–Crippen LogP) is 2.42. The summed E-state index contributed by atoms with van der Waals surface area (Å²) in [5, 5.41) is 0. The number of anilines is 1. The Bertz CT molecular complexity index is 294. The first-order chi connectivity index (χ1) is 6.63. The number of benzene rings is 1. The van der Waals surface area contributed by atoms with Crippen molar-refractivity contribution in [3.8, 4) is 0 Å². The molecule has 2 nitrogen and oxygen atoms in total. The first kappa shape index (κ1) is 11.1. The minimum absolute atomic E-state index is 0.881. The average molecular weight is 192 g/mol. The molecular weight excluding hydrogens is 172 g/mol. The lowest BCUT2D eigenvalue weighted by atomic mass is 10.1. The Labute approximate surface area is 86.7 Å². The van der Waals surface area contributed by atoms with Gasteiger partial charge in [-0.25, -0.2) is 0 Å². The van der Waals surface area contributed by atoms with Gasteiger partial charge in [0.1, 0.15) is 0 Å². The molecule has 0 bridgehead atoms. The van der Waals surface area contributed by atoms with Crippen molar-refractivity contribution in [2.24, 2.45) is 0 Å². The highest BCUT2D eigenvalue weighted by Gasteiger charge is 2.00. The van der Waals surface area contributed by atoms with E-state index in [1.54, 1.807) is 0 Å². The van der Waals surface area contributed by atoms with Crippen molar-refractivity contribution in [3.63, 3.8) is 0 Å². The lowest BCUT2D eigenvalue weighted by Crippen LogP contribution is -2.18. The van der Waals surface area contributed by atoms with E-state index in [9.17, 15) is 0 Å². The molecule has 0 fully saturated rings. The molecule has 0 saturated heterocycles. The fraction of sp³-hybridized carbons (Fsp3) is 0.500. The minimum Gasteiger partial charge on any atom is -0.399 e. The molecule has 0 saturated carbocycles. The van der Waals surface area contributed by atoms with Gasteiger partial charge >= 0.3 is 0 Å². The van der Waals surface area contributed by atoms with E-state index in [0.29, 0.717) is 0 Å². The number of aryl methyl sites for hydroxylation is 1. The van der Waals surface area contributed by atoms with Crippen LogP contribution in [0.25, 0.3) is 0 Å². The summed E-state index contributed by atoms with van der Waals surface area (Å²) in [4.78, 5) is 2.32. The van der Waals surface area contributed by atoms with E-state index < -0.39 is 0 Å². The van der Waals surface area contributed by atoms with E-state index >= 15 is 0 Å². The van der Waals surface area contributed by atoms with Crippen molar-refractivity contribution in [2.75, 3.05) is 19.3 Å². The standard InChI is InChI=1S/C12H20N2/c1-4-7-14(3)9-11-5-6-12(13)10(2)8-11/h5-6,8H,4,7,9,13H2,1-3H3. The number of rotatable bonds is 4. The molecule has 0 amide bonds. The topological polar surface area (TPSA) is 29.3 Å². The number of hydrogen-bond acceptors (Lipinski definition) is 2. The van der Waals surface area contributed by atoms with Crippen LogP contribution in [-0.2, 0) is 6.54 Å². The second kappa shape index (κ2) is 5.01. The van der Waals surface area contributed by atoms with Gasteiger partial charge in [-0.15, -0.1) is 0 Å². The molecule has 1 aromatic carbocycles. The van der Waals surface area contributed by atoms with Crippen molar-refractivity contribution in [1.82, 2.24) is 4.90 Å². The first-order valence-corrected chi connectivity index (χ1v) is 5.17. The maximum atomic E-state index is 5.76. The summed E-state index contributed by atoms with van der Waals surface area (Å²) in [6, 6.07) is 6.26. The third kappa shape index (κ3) is 3.04. The molecule has 2 N–H and O–H groups in total. The molecule has 2 heteroatoms. The lowest BCUT2D eigenvalue weighted by Gasteiger charge is -2.16. The molecule has 0 radical (unpaired) electrons. The van der Waals surface area contributed by atoms with Crippen LogP contribution < -0.4 is 5.73 Å². The third-order valence-corrected chi connectivity index (χ3v) is 2.39. The molecule has 0 aromatic heterocycles.